The summed E-state index contributed by atoms with van der Waals surface area (Å²) in [6.45, 7) is 5.57. The summed E-state index contributed by atoms with van der Waals surface area (Å²) < 4.78 is 6.72. The molecule has 184 valence electrons. The summed E-state index contributed by atoms with van der Waals surface area (Å²) in [5.41, 5.74) is 2.70. The van der Waals surface area contributed by atoms with Crippen LogP contribution in [-0.2, 0) is 10.8 Å². The topological polar surface area (TPSA) is 136 Å². The van der Waals surface area contributed by atoms with E-state index in [1.54, 1.807) is 29.7 Å². The standard InChI is InChI=1S/C25H23ClN6O4/c1-12-6-15(13(2)27-16-4-5-18(26)30-20(16)22(34)35)21-29-17(7-19(33)32(21)8-12)24-9-25(10-24,11-24)23-28-14(3)36-31-23/h4-8,13,27H,9-11H2,1-3H3,(H,34,35)/t13-,24?,25?/m1/s1. The van der Waals surface area contributed by atoms with Crippen molar-refractivity contribution in [2.45, 2.75) is 56.9 Å². The van der Waals surface area contributed by atoms with E-state index in [1.165, 1.54) is 6.07 Å². The number of carboxylic acids is 1. The average Bonchev–Trinajstić information content (AvgIpc) is 3.19. The largest absolute Gasteiger partial charge is 0.476 e. The minimum absolute atomic E-state index is 0.0929. The predicted molar refractivity (Wildman–Crippen MR) is 131 cm³/mol. The van der Waals surface area contributed by atoms with Gasteiger partial charge in [-0.15, -0.1) is 0 Å². The normalized spacial score (nSPS) is 23.1. The van der Waals surface area contributed by atoms with Gasteiger partial charge in [0.2, 0.25) is 5.89 Å². The van der Waals surface area contributed by atoms with E-state index in [0.29, 0.717) is 17.2 Å². The first-order valence-electron chi connectivity index (χ1n) is 11.6. The van der Waals surface area contributed by atoms with E-state index >= 15 is 0 Å². The van der Waals surface area contributed by atoms with Gasteiger partial charge in [0.25, 0.3) is 5.56 Å². The predicted octanol–water partition coefficient (Wildman–Crippen LogP) is 3.99. The summed E-state index contributed by atoms with van der Waals surface area (Å²) in [4.78, 5) is 38.2. The Morgan fingerprint density at radius 3 is 2.58 bits per heavy atom. The number of pyridine rings is 2. The van der Waals surface area contributed by atoms with Gasteiger partial charge in [0, 0.05) is 35.6 Å². The Labute approximate surface area is 210 Å². The van der Waals surface area contributed by atoms with Crippen LogP contribution < -0.4 is 10.9 Å². The number of carbonyl (C=O) groups is 1. The number of halogens is 1. The van der Waals surface area contributed by atoms with Crippen molar-refractivity contribution in [1.29, 1.82) is 0 Å². The van der Waals surface area contributed by atoms with E-state index in [9.17, 15) is 14.7 Å². The number of fused-ring (bicyclic) bond motifs is 1. The lowest BCUT2D eigenvalue weighted by Gasteiger charge is -2.68. The van der Waals surface area contributed by atoms with Gasteiger partial charge in [-0.05, 0) is 56.9 Å². The second-order valence-corrected chi connectivity index (χ2v) is 10.5. The van der Waals surface area contributed by atoms with Crippen molar-refractivity contribution in [3.8, 4) is 0 Å². The summed E-state index contributed by atoms with van der Waals surface area (Å²) in [5.74, 6) is 0.0981. The molecule has 11 heteroatoms. The molecule has 2 N–H and O–H groups in total. The number of carboxylic acid groups (broad SMARTS) is 1. The molecule has 36 heavy (non-hydrogen) atoms. The maximum atomic E-state index is 13.2. The van der Waals surface area contributed by atoms with E-state index in [4.69, 9.17) is 21.1 Å². The first kappa shape index (κ1) is 22.7. The minimum Gasteiger partial charge on any atom is -0.476 e. The third-order valence-corrected chi connectivity index (χ3v) is 7.61. The lowest BCUT2D eigenvalue weighted by molar-refractivity contribution is -0.0794. The molecule has 10 nitrogen and oxygen atoms in total. The van der Waals surface area contributed by atoms with E-state index < -0.39 is 5.97 Å². The van der Waals surface area contributed by atoms with Crippen LogP contribution in [0, 0.1) is 13.8 Å². The fourth-order valence-corrected chi connectivity index (χ4v) is 5.95. The highest BCUT2D eigenvalue weighted by Crippen LogP contribution is 2.73. The highest BCUT2D eigenvalue weighted by molar-refractivity contribution is 6.29. The van der Waals surface area contributed by atoms with E-state index in [0.717, 1.165) is 41.9 Å². The Bertz CT molecular complexity index is 1610. The SMILES string of the molecule is Cc1cc([C@@H](C)Nc2ccc(Cl)nc2C(=O)O)c2nc(C34CC(c5noc(C)n5)(C3)C4)cc(=O)n2c1. The molecule has 0 radical (unpaired) electrons. The van der Waals surface area contributed by atoms with Crippen molar-refractivity contribution in [2.24, 2.45) is 0 Å². The molecule has 3 saturated carbocycles. The van der Waals surface area contributed by atoms with E-state index in [2.05, 4.69) is 20.4 Å². The Morgan fingerprint density at radius 2 is 1.92 bits per heavy atom. The Morgan fingerprint density at radius 1 is 1.17 bits per heavy atom. The van der Waals surface area contributed by atoms with Crippen LogP contribution in [0.1, 0.15) is 71.3 Å². The lowest BCUT2D eigenvalue weighted by atomic mass is 9.34. The molecule has 0 aromatic carbocycles. The third kappa shape index (κ3) is 3.31. The monoisotopic (exact) mass is 506 g/mol. The molecule has 0 aliphatic heterocycles. The number of hydrogen-bond acceptors (Lipinski definition) is 8. The molecule has 4 aromatic heterocycles. The Hall–Kier alpha value is -3.79. The van der Waals surface area contributed by atoms with Crippen LogP contribution in [0.4, 0.5) is 5.69 Å². The molecule has 1 atom stereocenters. The number of aromatic carboxylic acids is 1. The van der Waals surface area contributed by atoms with Gasteiger partial charge in [-0.2, -0.15) is 4.98 Å². The smallest absolute Gasteiger partial charge is 0.356 e. The van der Waals surface area contributed by atoms with Crippen LogP contribution in [0.25, 0.3) is 5.65 Å². The second-order valence-electron chi connectivity index (χ2n) is 10.1. The maximum Gasteiger partial charge on any atom is 0.356 e. The fraction of sp³-hybridized carbons (Fsp3) is 0.360. The zero-order valence-corrected chi connectivity index (χ0v) is 20.6. The van der Waals surface area contributed by atoms with Crippen LogP contribution in [0.3, 0.4) is 0 Å². The molecule has 4 heterocycles. The molecule has 4 aromatic rings. The summed E-state index contributed by atoms with van der Waals surface area (Å²) in [6, 6.07) is 6.33. The van der Waals surface area contributed by atoms with Crippen LogP contribution in [0.2, 0.25) is 5.15 Å². The number of nitrogens with zero attached hydrogens (tertiary/aromatic N) is 5. The number of nitrogens with one attached hydrogen (secondary N) is 1. The lowest BCUT2D eigenvalue weighted by Crippen LogP contribution is -2.68. The maximum absolute atomic E-state index is 13.2. The zero-order valence-electron chi connectivity index (χ0n) is 19.9. The first-order valence-corrected chi connectivity index (χ1v) is 12.0. The van der Waals surface area contributed by atoms with Gasteiger partial charge in [0.05, 0.1) is 17.4 Å². The summed E-state index contributed by atoms with van der Waals surface area (Å²) in [5, 5.41) is 17.0. The zero-order chi connectivity index (χ0) is 25.4. The van der Waals surface area contributed by atoms with E-state index in [-0.39, 0.29) is 33.3 Å². The fourth-order valence-electron chi connectivity index (χ4n) is 5.80. The van der Waals surface area contributed by atoms with Crippen molar-refractivity contribution in [1.82, 2.24) is 24.5 Å². The molecule has 3 fully saturated rings. The van der Waals surface area contributed by atoms with Gasteiger partial charge < -0.3 is 14.9 Å². The summed E-state index contributed by atoms with van der Waals surface area (Å²) in [7, 11) is 0. The number of hydrogen-bond donors (Lipinski definition) is 2. The average molecular weight is 507 g/mol. The minimum atomic E-state index is -1.19. The number of anilines is 1. The van der Waals surface area contributed by atoms with E-state index in [1.807, 2.05) is 19.9 Å². The highest BCUT2D eigenvalue weighted by atomic mass is 35.5. The van der Waals surface area contributed by atoms with Gasteiger partial charge >= 0.3 is 5.97 Å². The van der Waals surface area contributed by atoms with Gasteiger partial charge in [-0.1, -0.05) is 16.8 Å². The number of aromatic nitrogens is 5. The molecule has 2 bridgehead atoms. The Balaban J connectivity index is 1.37. The number of aryl methyl sites for hydroxylation is 2. The van der Waals surface area contributed by atoms with Crippen LogP contribution >= 0.6 is 11.6 Å². The molecule has 0 unspecified atom stereocenters. The molecule has 0 saturated heterocycles. The van der Waals surface area contributed by atoms with Gasteiger partial charge in [-0.3, -0.25) is 9.20 Å². The van der Waals surface area contributed by atoms with Crippen molar-refractivity contribution in [3.63, 3.8) is 0 Å². The molecule has 7 rings (SSSR count). The summed E-state index contributed by atoms with van der Waals surface area (Å²) in [6.07, 6.45) is 4.25. The Kier molecular flexibility index (Phi) is 4.79. The second kappa shape index (κ2) is 7.60. The van der Waals surface area contributed by atoms with Gasteiger partial charge in [-0.25, -0.2) is 14.8 Å². The third-order valence-electron chi connectivity index (χ3n) is 7.40. The quantitative estimate of drug-likeness (QED) is 0.372. The molecular formula is C25H23ClN6O4. The molecule has 3 aliphatic rings. The molecule has 0 spiro atoms. The van der Waals surface area contributed by atoms with Crippen molar-refractivity contribution < 1.29 is 14.4 Å². The number of rotatable bonds is 6. The van der Waals surface area contributed by atoms with Gasteiger partial charge in [0.1, 0.15) is 10.8 Å². The summed E-state index contributed by atoms with van der Waals surface area (Å²) >= 11 is 5.90. The van der Waals surface area contributed by atoms with Crippen LogP contribution in [0.15, 0.2) is 39.8 Å². The van der Waals surface area contributed by atoms with Crippen LogP contribution in [-0.4, -0.2) is 35.6 Å². The first-order chi connectivity index (χ1) is 17.1. The molecule has 0 amide bonds. The van der Waals surface area contributed by atoms with Gasteiger partial charge in [0.15, 0.2) is 11.5 Å². The molecular weight excluding hydrogens is 484 g/mol. The van der Waals surface area contributed by atoms with Crippen molar-refractivity contribution in [3.05, 3.63) is 80.2 Å². The highest BCUT2D eigenvalue weighted by Gasteiger charge is 2.71. The van der Waals surface area contributed by atoms with Crippen molar-refractivity contribution in [2.75, 3.05) is 5.32 Å². The van der Waals surface area contributed by atoms with Crippen LogP contribution in [0.5, 0.6) is 0 Å². The molecule has 3 aliphatic carbocycles. The van der Waals surface area contributed by atoms with Crippen molar-refractivity contribution >= 4 is 28.9 Å².